The molecule has 1 heterocycles. The Morgan fingerprint density at radius 1 is 1.33 bits per heavy atom. The summed E-state index contributed by atoms with van der Waals surface area (Å²) >= 11 is 2.07. The molecule has 0 aromatic carbocycles. The first kappa shape index (κ1) is 18.6. The maximum Gasteiger partial charge on any atom is 0.191 e. The van der Waals surface area contributed by atoms with Crippen LogP contribution in [0, 0.1) is 0 Å². The molecular weight excluding hydrogens is 280 g/mol. The lowest BCUT2D eigenvalue weighted by Crippen LogP contribution is -2.38. The van der Waals surface area contributed by atoms with Crippen molar-refractivity contribution < 1.29 is 0 Å². The SMILES string of the molecule is CCNC(=NCC1CCCS1)NCCCCN(C)C(C)C. The number of guanidine groups is 1. The van der Waals surface area contributed by atoms with Crippen molar-refractivity contribution in [2.24, 2.45) is 4.99 Å². The first-order valence-corrected chi connectivity index (χ1v) is 9.52. The van der Waals surface area contributed by atoms with Gasteiger partial charge in [0.1, 0.15) is 0 Å². The molecule has 0 amide bonds. The monoisotopic (exact) mass is 314 g/mol. The third-order valence-electron chi connectivity index (χ3n) is 3.93. The van der Waals surface area contributed by atoms with E-state index in [1.807, 2.05) is 0 Å². The molecule has 0 aliphatic carbocycles. The van der Waals surface area contributed by atoms with Gasteiger partial charge in [-0.25, -0.2) is 0 Å². The van der Waals surface area contributed by atoms with Crippen molar-refractivity contribution in [1.29, 1.82) is 0 Å². The summed E-state index contributed by atoms with van der Waals surface area (Å²) in [7, 11) is 2.20. The summed E-state index contributed by atoms with van der Waals surface area (Å²) in [5.74, 6) is 2.30. The third-order valence-corrected chi connectivity index (χ3v) is 5.31. The Balaban J connectivity index is 2.16. The largest absolute Gasteiger partial charge is 0.357 e. The molecule has 5 heteroatoms. The van der Waals surface area contributed by atoms with E-state index in [0.29, 0.717) is 6.04 Å². The predicted octanol–water partition coefficient (Wildman–Crippen LogP) is 2.56. The summed E-state index contributed by atoms with van der Waals surface area (Å²) in [5.41, 5.74) is 0. The zero-order valence-corrected chi connectivity index (χ0v) is 15.1. The minimum Gasteiger partial charge on any atom is -0.357 e. The number of aliphatic imine (C=N–C) groups is 1. The minimum atomic E-state index is 0.640. The Morgan fingerprint density at radius 3 is 2.76 bits per heavy atom. The van der Waals surface area contributed by atoms with Crippen molar-refractivity contribution in [3.8, 4) is 0 Å². The van der Waals surface area contributed by atoms with E-state index in [1.54, 1.807) is 0 Å². The fraction of sp³-hybridized carbons (Fsp3) is 0.938. The predicted molar refractivity (Wildman–Crippen MR) is 96.5 cm³/mol. The van der Waals surface area contributed by atoms with Crippen LogP contribution in [0.15, 0.2) is 4.99 Å². The molecule has 124 valence electrons. The normalized spacial score (nSPS) is 19.5. The van der Waals surface area contributed by atoms with Crippen LogP contribution in [-0.4, -0.2) is 61.1 Å². The zero-order chi connectivity index (χ0) is 15.5. The number of hydrogen-bond donors (Lipinski definition) is 2. The molecule has 1 rings (SSSR count). The number of nitrogens with zero attached hydrogens (tertiary/aromatic N) is 2. The van der Waals surface area contributed by atoms with Gasteiger partial charge >= 0.3 is 0 Å². The molecule has 0 spiro atoms. The van der Waals surface area contributed by atoms with Gasteiger partial charge in [-0.1, -0.05) is 0 Å². The van der Waals surface area contributed by atoms with Crippen LogP contribution in [0.2, 0.25) is 0 Å². The molecule has 0 aromatic heterocycles. The summed E-state index contributed by atoms with van der Waals surface area (Å²) in [6, 6.07) is 0.640. The number of nitrogens with one attached hydrogen (secondary N) is 2. The summed E-state index contributed by atoms with van der Waals surface area (Å²) in [5, 5.41) is 7.54. The molecule has 0 saturated carbocycles. The van der Waals surface area contributed by atoms with Crippen LogP contribution in [-0.2, 0) is 0 Å². The van der Waals surface area contributed by atoms with E-state index in [1.165, 1.54) is 38.0 Å². The molecule has 21 heavy (non-hydrogen) atoms. The highest BCUT2D eigenvalue weighted by molar-refractivity contribution is 8.00. The van der Waals surface area contributed by atoms with Crippen LogP contribution >= 0.6 is 11.8 Å². The van der Waals surface area contributed by atoms with E-state index >= 15 is 0 Å². The van der Waals surface area contributed by atoms with Gasteiger partial charge in [-0.2, -0.15) is 11.8 Å². The Bertz CT molecular complexity index is 288. The van der Waals surface area contributed by atoms with Gasteiger partial charge in [0.25, 0.3) is 0 Å². The van der Waals surface area contributed by atoms with Crippen LogP contribution in [0.5, 0.6) is 0 Å². The van der Waals surface area contributed by atoms with Gasteiger partial charge in [0, 0.05) is 24.4 Å². The highest BCUT2D eigenvalue weighted by Crippen LogP contribution is 2.25. The molecular formula is C16H34N4S. The first-order valence-electron chi connectivity index (χ1n) is 8.47. The Kier molecular flexibility index (Phi) is 9.92. The maximum absolute atomic E-state index is 4.72. The van der Waals surface area contributed by atoms with Gasteiger partial charge in [-0.15, -0.1) is 0 Å². The molecule has 1 saturated heterocycles. The van der Waals surface area contributed by atoms with Crippen LogP contribution in [0.3, 0.4) is 0 Å². The van der Waals surface area contributed by atoms with Crippen LogP contribution in [0.25, 0.3) is 0 Å². The lowest BCUT2D eigenvalue weighted by Gasteiger charge is -2.20. The van der Waals surface area contributed by atoms with Crippen molar-refractivity contribution in [2.75, 3.05) is 39.0 Å². The van der Waals surface area contributed by atoms with Crippen molar-refractivity contribution in [2.45, 2.75) is 57.7 Å². The van der Waals surface area contributed by atoms with Gasteiger partial charge in [0.2, 0.25) is 0 Å². The van der Waals surface area contributed by atoms with E-state index in [2.05, 4.69) is 55.1 Å². The molecule has 1 unspecified atom stereocenters. The number of thioether (sulfide) groups is 1. The van der Waals surface area contributed by atoms with Crippen LogP contribution < -0.4 is 10.6 Å². The van der Waals surface area contributed by atoms with Gasteiger partial charge < -0.3 is 15.5 Å². The average Bonchev–Trinajstić information content (AvgIpc) is 2.97. The third kappa shape index (κ3) is 8.57. The zero-order valence-electron chi connectivity index (χ0n) is 14.3. The Hall–Kier alpha value is -0.420. The summed E-state index contributed by atoms with van der Waals surface area (Å²) in [6.45, 7) is 10.7. The standard InChI is InChI=1S/C16H34N4S/c1-5-17-16(19-13-15-9-8-12-21-15)18-10-6-7-11-20(4)14(2)3/h14-15H,5-13H2,1-4H3,(H2,17,18,19). The maximum atomic E-state index is 4.72. The molecule has 1 atom stereocenters. The molecule has 0 bridgehead atoms. The van der Waals surface area contributed by atoms with Crippen molar-refractivity contribution >= 4 is 17.7 Å². The van der Waals surface area contributed by atoms with E-state index in [9.17, 15) is 0 Å². The van der Waals surface area contributed by atoms with Gasteiger partial charge in [0.15, 0.2) is 5.96 Å². The molecule has 1 aliphatic rings. The highest BCUT2D eigenvalue weighted by Gasteiger charge is 2.14. The lowest BCUT2D eigenvalue weighted by molar-refractivity contribution is 0.268. The molecule has 0 aromatic rings. The van der Waals surface area contributed by atoms with Crippen molar-refractivity contribution in [3.63, 3.8) is 0 Å². The van der Waals surface area contributed by atoms with Gasteiger partial charge in [0.05, 0.1) is 6.54 Å². The molecule has 1 aliphatic heterocycles. The second kappa shape index (κ2) is 11.2. The quantitative estimate of drug-likeness (QED) is 0.390. The average molecular weight is 315 g/mol. The molecule has 1 fully saturated rings. The number of unbranched alkanes of at least 4 members (excludes halogenated alkanes) is 1. The summed E-state index contributed by atoms with van der Waals surface area (Å²) in [4.78, 5) is 7.12. The topological polar surface area (TPSA) is 39.7 Å². The van der Waals surface area contributed by atoms with E-state index in [-0.39, 0.29) is 0 Å². The van der Waals surface area contributed by atoms with Crippen LogP contribution in [0.4, 0.5) is 0 Å². The summed E-state index contributed by atoms with van der Waals surface area (Å²) in [6.07, 6.45) is 5.12. The van der Waals surface area contributed by atoms with Crippen molar-refractivity contribution in [1.82, 2.24) is 15.5 Å². The molecule has 0 radical (unpaired) electrons. The second-order valence-corrected chi connectivity index (χ2v) is 7.47. The Labute approximate surface area is 135 Å². The fourth-order valence-corrected chi connectivity index (χ4v) is 3.45. The van der Waals surface area contributed by atoms with Crippen LogP contribution in [0.1, 0.15) is 46.5 Å². The van der Waals surface area contributed by atoms with E-state index < -0.39 is 0 Å². The van der Waals surface area contributed by atoms with E-state index in [0.717, 1.165) is 30.8 Å². The fourth-order valence-electron chi connectivity index (χ4n) is 2.27. The number of hydrogen-bond acceptors (Lipinski definition) is 3. The molecule has 4 nitrogen and oxygen atoms in total. The van der Waals surface area contributed by atoms with Crippen molar-refractivity contribution in [3.05, 3.63) is 0 Å². The van der Waals surface area contributed by atoms with E-state index in [4.69, 9.17) is 4.99 Å². The minimum absolute atomic E-state index is 0.640. The smallest absolute Gasteiger partial charge is 0.191 e. The first-order chi connectivity index (χ1) is 10.1. The van der Waals surface area contributed by atoms with Gasteiger partial charge in [-0.05, 0) is 65.8 Å². The van der Waals surface area contributed by atoms with Gasteiger partial charge in [-0.3, -0.25) is 4.99 Å². The second-order valence-electron chi connectivity index (χ2n) is 6.06. The Morgan fingerprint density at radius 2 is 2.14 bits per heavy atom. The summed E-state index contributed by atoms with van der Waals surface area (Å²) < 4.78 is 0. The lowest BCUT2D eigenvalue weighted by atomic mass is 10.2. The highest BCUT2D eigenvalue weighted by atomic mass is 32.2. The number of rotatable bonds is 9. The molecule has 2 N–H and O–H groups in total.